The SMILES string of the molecule is CCC(=O)c1cc(C2(c3cccc(Br)c3)N=C(N)N(C)C2=O)cn1CC(F)(F)F. The van der Waals surface area contributed by atoms with Crippen LogP contribution in [0.15, 0.2) is 46.0 Å². The van der Waals surface area contributed by atoms with Gasteiger partial charge >= 0.3 is 6.18 Å². The molecule has 0 bridgehead atoms. The molecule has 2 aromatic rings. The van der Waals surface area contributed by atoms with Crippen LogP contribution < -0.4 is 5.73 Å². The number of guanidine groups is 1. The van der Waals surface area contributed by atoms with Gasteiger partial charge in [0.25, 0.3) is 5.91 Å². The molecular weight excluding hydrogens is 453 g/mol. The number of aliphatic imine (C=N–C) groups is 1. The number of benzene rings is 1. The Morgan fingerprint density at radius 3 is 2.48 bits per heavy atom. The van der Waals surface area contributed by atoms with Gasteiger partial charge in [0, 0.05) is 29.7 Å². The number of nitrogens with zero attached hydrogens (tertiary/aromatic N) is 3. The molecule has 2 heterocycles. The third-order valence-electron chi connectivity index (χ3n) is 4.75. The molecule has 1 aliphatic rings. The summed E-state index contributed by atoms with van der Waals surface area (Å²) in [6, 6.07) is 8.02. The average molecular weight is 471 g/mol. The molecule has 0 spiro atoms. The summed E-state index contributed by atoms with van der Waals surface area (Å²) in [5.74, 6) is -1.06. The maximum atomic E-state index is 13.2. The molecule has 1 atom stereocenters. The van der Waals surface area contributed by atoms with Gasteiger partial charge in [-0.1, -0.05) is 35.0 Å². The van der Waals surface area contributed by atoms with Gasteiger partial charge < -0.3 is 10.3 Å². The van der Waals surface area contributed by atoms with E-state index < -0.39 is 30.0 Å². The minimum absolute atomic E-state index is 0.0183. The Morgan fingerprint density at radius 1 is 1.28 bits per heavy atom. The molecule has 1 aromatic heterocycles. The molecule has 0 saturated heterocycles. The third kappa shape index (κ3) is 3.68. The number of aromatic nitrogens is 1. The van der Waals surface area contributed by atoms with Gasteiger partial charge in [-0.25, -0.2) is 4.99 Å². The van der Waals surface area contributed by atoms with E-state index in [0.717, 1.165) is 15.7 Å². The number of nitrogens with two attached hydrogens (primary N) is 1. The molecule has 10 heteroatoms. The van der Waals surface area contributed by atoms with Crippen molar-refractivity contribution in [2.75, 3.05) is 7.05 Å². The highest BCUT2D eigenvalue weighted by Gasteiger charge is 2.50. The van der Waals surface area contributed by atoms with E-state index in [1.54, 1.807) is 31.2 Å². The molecule has 3 rings (SSSR count). The Labute approximate surface area is 173 Å². The first-order valence-corrected chi connectivity index (χ1v) is 9.49. The first-order valence-electron chi connectivity index (χ1n) is 8.69. The van der Waals surface area contributed by atoms with Crippen LogP contribution in [-0.4, -0.2) is 40.3 Å². The number of ketones is 1. The van der Waals surface area contributed by atoms with Gasteiger partial charge in [-0.2, -0.15) is 13.2 Å². The standard InChI is InChI=1S/C19H18BrF3N4O2/c1-3-15(28)14-8-12(9-27(14)10-18(21,22)23)19(11-5-4-6-13(20)7-11)16(29)26(2)17(24)25-19/h4-9H,3,10H2,1-2H3,(H2,24,25). The molecule has 29 heavy (non-hydrogen) atoms. The van der Waals surface area contributed by atoms with E-state index in [2.05, 4.69) is 20.9 Å². The molecule has 1 amide bonds. The number of carbonyl (C=O) groups excluding carboxylic acids is 2. The Bertz CT molecular complexity index is 1020. The van der Waals surface area contributed by atoms with Gasteiger partial charge in [0.1, 0.15) is 6.54 Å². The van der Waals surface area contributed by atoms with Crippen LogP contribution in [0.25, 0.3) is 0 Å². The maximum absolute atomic E-state index is 13.2. The highest BCUT2D eigenvalue weighted by Crippen LogP contribution is 2.41. The number of Topliss-reactive ketones (excluding diaryl/α,β-unsaturated/α-hetero) is 1. The van der Waals surface area contributed by atoms with Crippen molar-refractivity contribution in [1.82, 2.24) is 9.47 Å². The fourth-order valence-electron chi connectivity index (χ4n) is 3.35. The van der Waals surface area contributed by atoms with Gasteiger partial charge in [0.05, 0.1) is 5.69 Å². The number of hydrogen-bond donors (Lipinski definition) is 1. The van der Waals surface area contributed by atoms with Crippen molar-refractivity contribution in [3.05, 3.63) is 57.8 Å². The van der Waals surface area contributed by atoms with Gasteiger partial charge in [0.15, 0.2) is 17.3 Å². The van der Waals surface area contributed by atoms with Crippen molar-refractivity contribution in [1.29, 1.82) is 0 Å². The smallest absolute Gasteiger partial charge is 0.369 e. The lowest BCUT2D eigenvalue weighted by Gasteiger charge is -2.25. The summed E-state index contributed by atoms with van der Waals surface area (Å²) in [5.41, 5.74) is 4.63. The quantitative estimate of drug-likeness (QED) is 0.679. The summed E-state index contributed by atoms with van der Waals surface area (Å²) in [5, 5.41) is 0. The Kier molecular flexibility index (Phi) is 5.33. The summed E-state index contributed by atoms with van der Waals surface area (Å²) < 4.78 is 40.7. The van der Waals surface area contributed by atoms with E-state index in [4.69, 9.17) is 5.73 Å². The van der Waals surface area contributed by atoms with Crippen molar-refractivity contribution in [3.63, 3.8) is 0 Å². The summed E-state index contributed by atoms with van der Waals surface area (Å²) in [7, 11) is 1.44. The zero-order chi connectivity index (χ0) is 21.6. The molecule has 0 aliphatic carbocycles. The Balaban J connectivity index is 2.28. The number of carbonyl (C=O) groups is 2. The van der Waals surface area contributed by atoms with Crippen molar-refractivity contribution in [3.8, 4) is 0 Å². The van der Waals surface area contributed by atoms with Crippen LogP contribution in [0.4, 0.5) is 13.2 Å². The lowest BCUT2D eigenvalue weighted by atomic mass is 9.84. The zero-order valence-electron chi connectivity index (χ0n) is 15.6. The highest BCUT2D eigenvalue weighted by molar-refractivity contribution is 9.10. The van der Waals surface area contributed by atoms with E-state index >= 15 is 0 Å². The van der Waals surface area contributed by atoms with Crippen LogP contribution in [0.5, 0.6) is 0 Å². The number of alkyl halides is 3. The van der Waals surface area contributed by atoms with Gasteiger partial charge in [-0.15, -0.1) is 0 Å². The van der Waals surface area contributed by atoms with Gasteiger partial charge in [-0.3, -0.25) is 14.5 Å². The molecule has 0 radical (unpaired) electrons. The monoisotopic (exact) mass is 470 g/mol. The Hall–Kier alpha value is -2.62. The summed E-state index contributed by atoms with van der Waals surface area (Å²) in [6.07, 6.45) is -3.36. The fourth-order valence-corrected chi connectivity index (χ4v) is 3.75. The molecular formula is C19H18BrF3N4O2. The van der Waals surface area contributed by atoms with Crippen LogP contribution in [0, 0.1) is 0 Å². The van der Waals surface area contributed by atoms with E-state index in [0.29, 0.717) is 10.0 Å². The van der Waals surface area contributed by atoms with Crippen molar-refractivity contribution >= 4 is 33.6 Å². The summed E-state index contributed by atoms with van der Waals surface area (Å²) in [6.45, 7) is 0.202. The molecule has 154 valence electrons. The normalized spacial score (nSPS) is 19.6. The summed E-state index contributed by atoms with van der Waals surface area (Å²) in [4.78, 5) is 31.0. The second-order valence-electron chi connectivity index (χ2n) is 6.69. The van der Waals surface area contributed by atoms with E-state index in [-0.39, 0.29) is 23.6 Å². The molecule has 6 nitrogen and oxygen atoms in total. The van der Waals surface area contributed by atoms with Gasteiger partial charge in [-0.05, 0) is 23.8 Å². The van der Waals surface area contributed by atoms with E-state index in [1.807, 2.05) is 0 Å². The maximum Gasteiger partial charge on any atom is 0.406 e. The first-order chi connectivity index (χ1) is 13.5. The van der Waals surface area contributed by atoms with Crippen LogP contribution in [0.3, 0.4) is 0 Å². The van der Waals surface area contributed by atoms with Gasteiger partial charge in [0.2, 0.25) is 0 Å². The minimum Gasteiger partial charge on any atom is -0.369 e. The second kappa shape index (κ2) is 7.33. The van der Waals surface area contributed by atoms with Crippen LogP contribution >= 0.6 is 15.9 Å². The lowest BCUT2D eigenvalue weighted by molar-refractivity contribution is -0.140. The molecule has 0 saturated carbocycles. The fraction of sp³-hybridized carbons (Fsp3) is 0.316. The highest BCUT2D eigenvalue weighted by atomic mass is 79.9. The first kappa shape index (κ1) is 21.1. The van der Waals surface area contributed by atoms with Crippen molar-refractivity contribution in [2.24, 2.45) is 10.7 Å². The number of rotatable bonds is 5. The zero-order valence-corrected chi connectivity index (χ0v) is 17.2. The number of halogens is 4. The van der Waals surface area contributed by atoms with E-state index in [1.165, 1.54) is 13.1 Å². The lowest BCUT2D eigenvalue weighted by Crippen LogP contribution is -2.41. The third-order valence-corrected chi connectivity index (χ3v) is 5.25. The van der Waals surface area contributed by atoms with Crippen molar-refractivity contribution in [2.45, 2.75) is 31.6 Å². The number of likely N-dealkylation sites (N-methyl/N-ethyl adjacent to an activating group) is 1. The molecule has 1 unspecified atom stereocenters. The number of hydrogen-bond acceptors (Lipinski definition) is 4. The van der Waals surface area contributed by atoms with Crippen LogP contribution in [0.1, 0.15) is 35.0 Å². The molecule has 1 aromatic carbocycles. The summed E-state index contributed by atoms with van der Waals surface area (Å²) >= 11 is 3.34. The Morgan fingerprint density at radius 2 is 1.97 bits per heavy atom. The topological polar surface area (TPSA) is 80.7 Å². The van der Waals surface area contributed by atoms with E-state index in [9.17, 15) is 22.8 Å². The average Bonchev–Trinajstić information content (AvgIpc) is 3.15. The van der Waals surface area contributed by atoms with Crippen molar-refractivity contribution < 1.29 is 22.8 Å². The predicted octanol–water partition coefficient (Wildman–Crippen LogP) is 3.44. The molecule has 0 fully saturated rings. The second-order valence-corrected chi connectivity index (χ2v) is 7.60. The van der Waals surface area contributed by atoms with Crippen LogP contribution in [-0.2, 0) is 16.9 Å². The van der Waals surface area contributed by atoms with Crippen LogP contribution in [0.2, 0.25) is 0 Å². The number of amides is 1. The molecule has 2 N–H and O–H groups in total. The minimum atomic E-state index is -4.54. The molecule has 1 aliphatic heterocycles. The predicted molar refractivity (Wildman–Crippen MR) is 104 cm³/mol. The largest absolute Gasteiger partial charge is 0.406 e.